The Bertz CT molecular complexity index is 826. The topological polar surface area (TPSA) is 86.4 Å². The van der Waals surface area contributed by atoms with Gasteiger partial charge in [0.25, 0.3) is 0 Å². The van der Waals surface area contributed by atoms with E-state index in [0.29, 0.717) is 5.95 Å². The Hall–Kier alpha value is -2.90. The van der Waals surface area contributed by atoms with E-state index in [1.165, 1.54) is 14.2 Å². The smallest absolute Gasteiger partial charge is 0.324 e. The molecule has 0 spiro atoms. The molecule has 0 amide bonds. The minimum absolute atomic E-state index is 0.190. The molecule has 4 rings (SSSR count). The zero-order valence-electron chi connectivity index (χ0n) is 14.2. The molecule has 1 unspecified atom stereocenters. The lowest BCUT2D eigenvalue weighted by molar-refractivity contribution is 0.338. The second-order valence-corrected chi connectivity index (χ2v) is 5.91. The van der Waals surface area contributed by atoms with Crippen LogP contribution in [-0.4, -0.2) is 47.2 Å². The van der Waals surface area contributed by atoms with Gasteiger partial charge in [-0.3, -0.25) is 0 Å². The monoisotopic (exact) mass is 341 g/mol. The molecule has 8 nitrogen and oxygen atoms in total. The number of hydrogen-bond acceptors (Lipinski definition) is 8. The SMILES string of the molecule is COc1nc(OC)nc(N2CCCC(c3nc4ccccc4o3)C2)n1. The Kier molecular flexibility index (Phi) is 4.09. The fourth-order valence-corrected chi connectivity index (χ4v) is 3.08. The van der Waals surface area contributed by atoms with Crippen LogP contribution in [0.5, 0.6) is 12.0 Å². The van der Waals surface area contributed by atoms with Gasteiger partial charge in [-0.15, -0.1) is 4.98 Å². The van der Waals surface area contributed by atoms with Crippen LogP contribution in [-0.2, 0) is 0 Å². The van der Waals surface area contributed by atoms with E-state index < -0.39 is 0 Å². The normalized spacial score (nSPS) is 17.7. The van der Waals surface area contributed by atoms with Gasteiger partial charge in [-0.2, -0.15) is 9.97 Å². The predicted molar refractivity (Wildman–Crippen MR) is 91.1 cm³/mol. The number of methoxy groups -OCH3 is 2. The molecule has 2 aromatic heterocycles. The van der Waals surface area contributed by atoms with E-state index in [1.807, 2.05) is 24.3 Å². The summed E-state index contributed by atoms with van der Waals surface area (Å²) in [7, 11) is 3.05. The van der Waals surface area contributed by atoms with Crippen molar-refractivity contribution in [2.75, 3.05) is 32.2 Å². The molecule has 0 bridgehead atoms. The maximum atomic E-state index is 5.94. The number of piperidine rings is 1. The van der Waals surface area contributed by atoms with Crippen LogP contribution in [0.2, 0.25) is 0 Å². The average molecular weight is 341 g/mol. The maximum Gasteiger partial charge on any atom is 0.324 e. The number of ether oxygens (including phenoxy) is 2. The van der Waals surface area contributed by atoms with Crippen molar-refractivity contribution in [3.05, 3.63) is 30.2 Å². The maximum absolute atomic E-state index is 5.94. The quantitative estimate of drug-likeness (QED) is 0.715. The Balaban J connectivity index is 1.60. The predicted octanol–water partition coefficient (Wildman–Crippen LogP) is 2.41. The lowest BCUT2D eigenvalue weighted by Crippen LogP contribution is -2.35. The molecule has 0 aliphatic carbocycles. The van der Waals surface area contributed by atoms with Crippen molar-refractivity contribution >= 4 is 17.0 Å². The molecule has 0 N–H and O–H groups in total. The van der Waals surface area contributed by atoms with Gasteiger partial charge in [0.2, 0.25) is 5.95 Å². The molecular weight excluding hydrogens is 322 g/mol. The van der Waals surface area contributed by atoms with Gasteiger partial charge < -0.3 is 18.8 Å². The highest BCUT2D eigenvalue weighted by Crippen LogP contribution is 2.31. The zero-order chi connectivity index (χ0) is 17.2. The van der Waals surface area contributed by atoms with Crippen LogP contribution in [0.3, 0.4) is 0 Å². The van der Waals surface area contributed by atoms with Gasteiger partial charge in [0.05, 0.1) is 20.1 Å². The molecular formula is C17H19N5O3. The summed E-state index contributed by atoms with van der Waals surface area (Å²) in [4.78, 5) is 19.5. The fourth-order valence-electron chi connectivity index (χ4n) is 3.08. The summed E-state index contributed by atoms with van der Waals surface area (Å²) in [6.07, 6.45) is 2.02. The first-order chi connectivity index (χ1) is 12.3. The van der Waals surface area contributed by atoms with Crippen LogP contribution in [0.15, 0.2) is 28.7 Å². The van der Waals surface area contributed by atoms with E-state index in [4.69, 9.17) is 13.9 Å². The molecule has 1 atom stereocenters. The summed E-state index contributed by atoms with van der Waals surface area (Å²) in [6, 6.07) is 8.30. The molecule has 8 heteroatoms. The van der Waals surface area contributed by atoms with Gasteiger partial charge >= 0.3 is 12.0 Å². The third kappa shape index (κ3) is 3.07. The minimum Gasteiger partial charge on any atom is -0.467 e. The molecule has 3 heterocycles. The van der Waals surface area contributed by atoms with Gasteiger partial charge in [-0.05, 0) is 25.0 Å². The second kappa shape index (κ2) is 6.54. The molecule has 3 aromatic rings. The van der Waals surface area contributed by atoms with E-state index in [2.05, 4.69) is 24.8 Å². The highest BCUT2D eigenvalue weighted by molar-refractivity contribution is 5.72. The van der Waals surface area contributed by atoms with Crippen LogP contribution >= 0.6 is 0 Å². The van der Waals surface area contributed by atoms with Crippen molar-refractivity contribution in [2.24, 2.45) is 0 Å². The number of rotatable bonds is 4. The molecule has 1 saturated heterocycles. The Morgan fingerprint density at radius 2 is 1.80 bits per heavy atom. The molecule has 1 aliphatic heterocycles. The van der Waals surface area contributed by atoms with Gasteiger partial charge in [0.1, 0.15) is 5.52 Å². The van der Waals surface area contributed by atoms with E-state index in [9.17, 15) is 0 Å². The van der Waals surface area contributed by atoms with Gasteiger partial charge in [0, 0.05) is 13.1 Å². The number of hydrogen-bond donors (Lipinski definition) is 0. The van der Waals surface area contributed by atoms with Crippen molar-refractivity contribution in [1.82, 2.24) is 19.9 Å². The second-order valence-electron chi connectivity index (χ2n) is 5.91. The van der Waals surface area contributed by atoms with E-state index in [1.54, 1.807) is 0 Å². The lowest BCUT2D eigenvalue weighted by atomic mass is 9.98. The number of nitrogens with zero attached hydrogens (tertiary/aromatic N) is 5. The third-order valence-corrected chi connectivity index (χ3v) is 4.31. The molecule has 1 aliphatic rings. The zero-order valence-corrected chi connectivity index (χ0v) is 14.2. The van der Waals surface area contributed by atoms with Gasteiger partial charge in [0.15, 0.2) is 11.5 Å². The van der Waals surface area contributed by atoms with Crippen molar-refractivity contribution < 1.29 is 13.9 Å². The first-order valence-electron chi connectivity index (χ1n) is 8.21. The van der Waals surface area contributed by atoms with Crippen molar-refractivity contribution in [1.29, 1.82) is 0 Å². The number of benzene rings is 1. The summed E-state index contributed by atoms with van der Waals surface area (Å²) in [5.74, 6) is 1.50. The van der Waals surface area contributed by atoms with Crippen LogP contribution in [0, 0.1) is 0 Å². The number of oxazole rings is 1. The molecule has 130 valence electrons. The highest BCUT2D eigenvalue weighted by Gasteiger charge is 2.27. The summed E-state index contributed by atoms with van der Waals surface area (Å²) >= 11 is 0. The molecule has 1 fully saturated rings. The summed E-state index contributed by atoms with van der Waals surface area (Å²) in [6.45, 7) is 1.58. The summed E-state index contributed by atoms with van der Waals surface area (Å²) in [5, 5.41) is 0. The van der Waals surface area contributed by atoms with Crippen LogP contribution in [0.1, 0.15) is 24.7 Å². The molecule has 25 heavy (non-hydrogen) atoms. The van der Waals surface area contributed by atoms with Gasteiger partial charge in [-0.25, -0.2) is 4.98 Å². The number of anilines is 1. The number of fused-ring (bicyclic) bond motifs is 1. The highest BCUT2D eigenvalue weighted by atomic mass is 16.5. The largest absolute Gasteiger partial charge is 0.467 e. The lowest BCUT2D eigenvalue weighted by Gasteiger charge is -2.31. The van der Waals surface area contributed by atoms with E-state index in [0.717, 1.165) is 42.9 Å². The van der Waals surface area contributed by atoms with Crippen LogP contribution in [0.25, 0.3) is 11.1 Å². The van der Waals surface area contributed by atoms with Crippen LogP contribution in [0.4, 0.5) is 5.95 Å². The standard InChI is InChI=1S/C17H19N5O3/c1-23-16-19-15(20-17(21-16)24-2)22-9-5-6-11(10-22)14-18-12-7-3-4-8-13(12)25-14/h3-4,7-8,11H,5-6,9-10H2,1-2H3. The Labute approximate surface area is 144 Å². The molecule has 1 aromatic carbocycles. The Morgan fingerprint density at radius 1 is 1.04 bits per heavy atom. The first kappa shape index (κ1) is 15.6. The first-order valence-corrected chi connectivity index (χ1v) is 8.21. The molecule has 0 radical (unpaired) electrons. The van der Waals surface area contributed by atoms with Crippen LogP contribution < -0.4 is 14.4 Å². The van der Waals surface area contributed by atoms with E-state index in [-0.39, 0.29) is 17.9 Å². The van der Waals surface area contributed by atoms with Crippen molar-refractivity contribution in [3.8, 4) is 12.0 Å². The van der Waals surface area contributed by atoms with E-state index >= 15 is 0 Å². The van der Waals surface area contributed by atoms with Crippen molar-refractivity contribution in [3.63, 3.8) is 0 Å². The molecule has 0 saturated carbocycles. The van der Waals surface area contributed by atoms with Crippen molar-refractivity contribution in [2.45, 2.75) is 18.8 Å². The fraction of sp³-hybridized carbons (Fsp3) is 0.412. The average Bonchev–Trinajstić information content (AvgIpc) is 3.12. The number of para-hydroxylation sites is 2. The summed E-state index contributed by atoms with van der Waals surface area (Å²) < 4.78 is 16.2. The minimum atomic E-state index is 0.190. The Morgan fingerprint density at radius 3 is 2.52 bits per heavy atom. The van der Waals surface area contributed by atoms with Gasteiger partial charge in [-0.1, -0.05) is 12.1 Å². The third-order valence-electron chi connectivity index (χ3n) is 4.31. The number of aromatic nitrogens is 4. The summed E-state index contributed by atoms with van der Waals surface area (Å²) in [5.41, 5.74) is 1.70.